The summed E-state index contributed by atoms with van der Waals surface area (Å²) in [6.07, 6.45) is 1.35. The molecule has 0 heterocycles. The minimum Gasteiger partial charge on any atom is -0.392 e. The fourth-order valence-electron chi connectivity index (χ4n) is 0.659. The van der Waals surface area contributed by atoms with Gasteiger partial charge in [-0.2, -0.15) is 0 Å². The molecule has 0 aliphatic rings. The molecule has 12 heavy (non-hydrogen) atoms. The molecule has 0 amide bonds. The minimum atomic E-state index is -3.08. The molecule has 0 radical (unpaired) electrons. The molecule has 4 nitrogen and oxygen atoms in total. The van der Waals surface area contributed by atoms with Crippen LogP contribution in [0.1, 0.15) is 13.8 Å². The summed E-state index contributed by atoms with van der Waals surface area (Å²) < 4.78 is 21.3. The van der Waals surface area contributed by atoms with Gasteiger partial charge in [0.15, 0.2) is 0 Å². The van der Waals surface area contributed by atoms with E-state index in [-0.39, 0.29) is 6.61 Å². The lowest BCUT2D eigenvalue weighted by molar-refractivity contribution is 0.228. The first kappa shape index (κ1) is 11.8. The number of rotatable bonds is 6. The highest BCUT2D eigenvalue weighted by Gasteiger charge is 2.17. The van der Waals surface area contributed by atoms with E-state index in [1.54, 1.807) is 13.8 Å². The van der Waals surface area contributed by atoms with Gasteiger partial charge in [-0.05, 0) is 13.8 Å². The van der Waals surface area contributed by atoms with Crippen LogP contribution in [0.5, 0.6) is 0 Å². The van der Waals surface area contributed by atoms with Gasteiger partial charge in [0, 0.05) is 5.82 Å². The SMILES string of the molecule is CCOP(=O)(/C=C/CO)OCC. The van der Waals surface area contributed by atoms with E-state index < -0.39 is 7.60 Å². The van der Waals surface area contributed by atoms with Crippen LogP contribution in [0.2, 0.25) is 0 Å². The van der Waals surface area contributed by atoms with Gasteiger partial charge in [-0.15, -0.1) is 0 Å². The topological polar surface area (TPSA) is 55.8 Å². The summed E-state index contributed by atoms with van der Waals surface area (Å²) in [6, 6.07) is 0. The quantitative estimate of drug-likeness (QED) is 0.654. The summed E-state index contributed by atoms with van der Waals surface area (Å²) in [5, 5.41) is 8.45. The first-order valence-electron chi connectivity index (χ1n) is 3.86. The molecule has 0 saturated heterocycles. The summed E-state index contributed by atoms with van der Waals surface area (Å²) in [6.45, 7) is 3.96. The van der Waals surface area contributed by atoms with E-state index in [0.717, 1.165) is 0 Å². The lowest BCUT2D eigenvalue weighted by atomic mass is 10.7. The van der Waals surface area contributed by atoms with Crippen LogP contribution in [-0.4, -0.2) is 24.9 Å². The van der Waals surface area contributed by atoms with Crippen molar-refractivity contribution in [1.29, 1.82) is 0 Å². The van der Waals surface area contributed by atoms with E-state index in [1.807, 2.05) is 0 Å². The van der Waals surface area contributed by atoms with Crippen LogP contribution in [0.25, 0.3) is 0 Å². The Kier molecular flexibility index (Phi) is 6.30. The molecule has 0 aromatic heterocycles. The van der Waals surface area contributed by atoms with Crippen molar-refractivity contribution >= 4 is 7.60 Å². The molecule has 0 spiro atoms. The van der Waals surface area contributed by atoms with Gasteiger partial charge in [-0.3, -0.25) is 4.57 Å². The molecule has 0 bridgehead atoms. The van der Waals surface area contributed by atoms with E-state index in [0.29, 0.717) is 13.2 Å². The standard InChI is InChI=1S/C7H15O4P/c1-3-10-12(9,11-4-2)7-5-6-8/h5,7-8H,3-4,6H2,1-2H3/b7-5+. The lowest BCUT2D eigenvalue weighted by Gasteiger charge is -2.11. The Morgan fingerprint density at radius 2 is 1.83 bits per heavy atom. The summed E-state index contributed by atoms with van der Waals surface area (Å²) >= 11 is 0. The zero-order chi connectivity index (χ0) is 9.45. The lowest BCUT2D eigenvalue weighted by Crippen LogP contribution is -1.92. The summed E-state index contributed by atoms with van der Waals surface area (Å²) in [5.74, 6) is 1.28. The Hall–Kier alpha value is -0.150. The number of hydrogen-bond donors (Lipinski definition) is 1. The van der Waals surface area contributed by atoms with Crippen molar-refractivity contribution in [1.82, 2.24) is 0 Å². The maximum absolute atomic E-state index is 11.5. The minimum absolute atomic E-state index is 0.163. The maximum atomic E-state index is 11.5. The first-order chi connectivity index (χ1) is 5.68. The molecule has 0 saturated carbocycles. The van der Waals surface area contributed by atoms with Crippen LogP contribution in [0.4, 0.5) is 0 Å². The van der Waals surface area contributed by atoms with E-state index >= 15 is 0 Å². The van der Waals surface area contributed by atoms with Crippen LogP contribution in [-0.2, 0) is 13.6 Å². The van der Waals surface area contributed by atoms with Crippen molar-refractivity contribution in [2.24, 2.45) is 0 Å². The molecule has 1 N–H and O–H groups in total. The molecular formula is C7H15O4P. The fraction of sp³-hybridized carbons (Fsp3) is 0.714. The summed E-state index contributed by atoms with van der Waals surface area (Å²) in [7, 11) is -3.08. The van der Waals surface area contributed by atoms with Gasteiger partial charge in [0.2, 0.25) is 0 Å². The Morgan fingerprint density at radius 1 is 1.33 bits per heavy atom. The second kappa shape index (κ2) is 6.38. The predicted octanol–water partition coefficient (Wildman–Crippen LogP) is 1.76. The Labute approximate surface area is 72.7 Å². The molecule has 0 rings (SSSR count). The van der Waals surface area contributed by atoms with Gasteiger partial charge in [0.05, 0.1) is 19.8 Å². The molecule has 72 valence electrons. The van der Waals surface area contributed by atoms with Crippen molar-refractivity contribution in [3.8, 4) is 0 Å². The van der Waals surface area contributed by atoms with Gasteiger partial charge in [0.1, 0.15) is 0 Å². The van der Waals surface area contributed by atoms with E-state index in [4.69, 9.17) is 14.2 Å². The molecule has 0 aromatic carbocycles. The molecule has 0 aliphatic carbocycles. The second-order valence-corrected chi connectivity index (χ2v) is 3.84. The molecule has 0 atom stereocenters. The van der Waals surface area contributed by atoms with Gasteiger partial charge in [0.25, 0.3) is 0 Å². The van der Waals surface area contributed by atoms with Crippen molar-refractivity contribution < 1.29 is 18.7 Å². The Morgan fingerprint density at radius 3 is 2.17 bits per heavy atom. The zero-order valence-corrected chi connectivity index (χ0v) is 8.29. The monoisotopic (exact) mass is 194 g/mol. The summed E-state index contributed by atoms with van der Waals surface area (Å²) in [4.78, 5) is 0. The van der Waals surface area contributed by atoms with Crippen molar-refractivity contribution in [3.05, 3.63) is 11.9 Å². The predicted molar refractivity (Wildman–Crippen MR) is 47.1 cm³/mol. The van der Waals surface area contributed by atoms with Crippen molar-refractivity contribution in [3.63, 3.8) is 0 Å². The third kappa shape index (κ3) is 4.67. The highest BCUT2D eigenvalue weighted by molar-refractivity contribution is 7.57. The Bertz CT molecular complexity index is 168. The number of hydrogen-bond acceptors (Lipinski definition) is 4. The normalized spacial score (nSPS) is 12.6. The van der Waals surface area contributed by atoms with E-state index in [2.05, 4.69) is 0 Å². The van der Waals surface area contributed by atoms with E-state index in [1.165, 1.54) is 11.9 Å². The third-order valence-corrected chi connectivity index (χ3v) is 2.82. The second-order valence-electron chi connectivity index (χ2n) is 1.94. The highest BCUT2D eigenvalue weighted by atomic mass is 31.2. The fourth-order valence-corrected chi connectivity index (χ4v) is 1.98. The molecule has 5 heteroatoms. The van der Waals surface area contributed by atoms with Gasteiger partial charge in [-0.25, -0.2) is 0 Å². The van der Waals surface area contributed by atoms with Crippen molar-refractivity contribution in [2.45, 2.75) is 13.8 Å². The van der Waals surface area contributed by atoms with Crippen molar-refractivity contribution in [2.75, 3.05) is 19.8 Å². The van der Waals surface area contributed by atoms with Crippen LogP contribution >= 0.6 is 7.60 Å². The molecule has 0 fully saturated rings. The first-order valence-corrected chi connectivity index (χ1v) is 5.47. The third-order valence-electron chi connectivity index (χ3n) is 1.01. The van der Waals surface area contributed by atoms with Gasteiger partial charge in [-0.1, -0.05) is 6.08 Å². The average molecular weight is 194 g/mol. The number of aliphatic hydroxyl groups is 1. The van der Waals surface area contributed by atoms with Crippen LogP contribution < -0.4 is 0 Å². The molecule has 0 aromatic rings. The van der Waals surface area contributed by atoms with Crippen LogP contribution in [0.3, 0.4) is 0 Å². The largest absolute Gasteiger partial charge is 0.392 e. The number of aliphatic hydroxyl groups excluding tert-OH is 1. The smallest absolute Gasteiger partial charge is 0.353 e. The highest BCUT2D eigenvalue weighted by Crippen LogP contribution is 2.49. The molecule has 0 unspecified atom stereocenters. The van der Waals surface area contributed by atoms with Gasteiger partial charge < -0.3 is 14.2 Å². The Balaban J connectivity index is 4.18. The van der Waals surface area contributed by atoms with E-state index in [9.17, 15) is 4.57 Å². The molecular weight excluding hydrogens is 179 g/mol. The summed E-state index contributed by atoms with van der Waals surface area (Å²) in [5.41, 5.74) is 0. The maximum Gasteiger partial charge on any atom is 0.353 e. The average Bonchev–Trinajstić information content (AvgIpc) is 2.02. The zero-order valence-electron chi connectivity index (χ0n) is 7.40. The van der Waals surface area contributed by atoms with Crippen LogP contribution in [0, 0.1) is 0 Å². The van der Waals surface area contributed by atoms with Crippen LogP contribution in [0.15, 0.2) is 11.9 Å². The van der Waals surface area contributed by atoms with Gasteiger partial charge >= 0.3 is 7.60 Å². The molecule has 0 aliphatic heterocycles.